The topological polar surface area (TPSA) is 54.3 Å². The first-order chi connectivity index (χ1) is 7.81. The summed E-state index contributed by atoms with van der Waals surface area (Å²) in [6.45, 7) is 3.74. The second kappa shape index (κ2) is 5.16. The number of rotatable bonds is 4. The van der Waals surface area contributed by atoms with E-state index in [4.69, 9.17) is 4.42 Å². The highest BCUT2D eigenvalue weighted by Gasteiger charge is 2.17. The minimum absolute atomic E-state index is 0.0284. The van der Waals surface area contributed by atoms with Crippen LogP contribution in [-0.2, 0) is 6.42 Å². The fourth-order valence-electron chi connectivity index (χ4n) is 2.06. The van der Waals surface area contributed by atoms with Gasteiger partial charge in [-0.1, -0.05) is 6.92 Å². The summed E-state index contributed by atoms with van der Waals surface area (Å²) in [7, 11) is 0. The number of carbonyl (C=O) groups is 1. The Balaban J connectivity index is 1.87. The van der Waals surface area contributed by atoms with E-state index in [0.29, 0.717) is 18.2 Å². The van der Waals surface area contributed by atoms with Crippen LogP contribution in [0.3, 0.4) is 0 Å². The highest BCUT2D eigenvalue weighted by Crippen LogP contribution is 2.11. The maximum absolute atomic E-state index is 11.8. The first-order valence-electron chi connectivity index (χ1n) is 5.89. The molecule has 0 radical (unpaired) electrons. The highest BCUT2D eigenvalue weighted by molar-refractivity contribution is 5.95. The van der Waals surface area contributed by atoms with Crippen molar-refractivity contribution >= 4 is 5.91 Å². The van der Waals surface area contributed by atoms with Crippen LogP contribution in [0.25, 0.3) is 0 Å². The molecule has 0 aliphatic carbocycles. The fourth-order valence-corrected chi connectivity index (χ4v) is 2.06. The molecule has 1 aliphatic rings. The van der Waals surface area contributed by atoms with Gasteiger partial charge in [0.2, 0.25) is 0 Å². The number of hydrogen-bond donors (Lipinski definition) is 2. The molecule has 1 aromatic heterocycles. The van der Waals surface area contributed by atoms with Gasteiger partial charge in [0.15, 0.2) is 0 Å². The van der Waals surface area contributed by atoms with Gasteiger partial charge in [0, 0.05) is 19.0 Å². The molecule has 4 nitrogen and oxygen atoms in total. The first kappa shape index (κ1) is 11.2. The first-order valence-corrected chi connectivity index (χ1v) is 5.89. The minimum atomic E-state index is -0.0284. The van der Waals surface area contributed by atoms with E-state index in [9.17, 15) is 4.79 Å². The molecule has 1 aliphatic heterocycles. The number of aryl methyl sites for hydroxylation is 1. The van der Waals surface area contributed by atoms with Gasteiger partial charge < -0.3 is 15.1 Å². The molecule has 1 unspecified atom stereocenters. The fraction of sp³-hybridized carbons (Fsp3) is 0.583. The Labute approximate surface area is 95.4 Å². The monoisotopic (exact) mass is 222 g/mol. The molecule has 2 heterocycles. The van der Waals surface area contributed by atoms with Crippen molar-refractivity contribution in [3.8, 4) is 0 Å². The second-order valence-electron chi connectivity index (χ2n) is 4.11. The standard InChI is InChI=1S/C12H18N2O2/c1-2-11-10(5-7-16-11)12(15)14-8-9-4-3-6-13-9/h5,7,9,13H,2-4,6,8H2,1H3,(H,14,15). The largest absolute Gasteiger partial charge is 0.469 e. The van der Waals surface area contributed by atoms with Crippen LogP contribution < -0.4 is 10.6 Å². The van der Waals surface area contributed by atoms with Gasteiger partial charge >= 0.3 is 0 Å². The molecule has 88 valence electrons. The van der Waals surface area contributed by atoms with Crippen LogP contribution >= 0.6 is 0 Å². The Morgan fingerprint density at radius 1 is 1.69 bits per heavy atom. The summed E-state index contributed by atoms with van der Waals surface area (Å²) in [6, 6.07) is 2.16. The lowest BCUT2D eigenvalue weighted by Crippen LogP contribution is -2.37. The van der Waals surface area contributed by atoms with Crippen LogP contribution in [0.2, 0.25) is 0 Å². The third kappa shape index (κ3) is 2.44. The quantitative estimate of drug-likeness (QED) is 0.808. The molecule has 1 aromatic rings. The number of nitrogens with one attached hydrogen (secondary N) is 2. The lowest BCUT2D eigenvalue weighted by atomic mass is 10.2. The van der Waals surface area contributed by atoms with Crippen molar-refractivity contribution in [3.05, 3.63) is 23.7 Å². The Bertz CT molecular complexity index is 354. The van der Waals surface area contributed by atoms with E-state index in [1.807, 2.05) is 6.92 Å². The van der Waals surface area contributed by atoms with E-state index in [2.05, 4.69) is 10.6 Å². The summed E-state index contributed by atoms with van der Waals surface area (Å²) in [6.07, 6.45) is 4.66. The van der Waals surface area contributed by atoms with E-state index in [0.717, 1.165) is 25.1 Å². The van der Waals surface area contributed by atoms with Gasteiger partial charge in [0.05, 0.1) is 11.8 Å². The van der Waals surface area contributed by atoms with Crippen molar-refractivity contribution in [2.24, 2.45) is 0 Å². The van der Waals surface area contributed by atoms with Gasteiger partial charge in [0.1, 0.15) is 5.76 Å². The van der Waals surface area contributed by atoms with Crippen molar-refractivity contribution in [1.29, 1.82) is 0 Å². The molecule has 16 heavy (non-hydrogen) atoms. The molecule has 1 atom stereocenters. The Morgan fingerprint density at radius 3 is 3.25 bits per heavy atom. The summed E-state index contributed by atoms with van der Waals surface area (Å²) in [5.74, 6) is 0.733. The van der Waals surface area contributed by atoms with E-state index in [1.165, 1.54) is 6.42 Å². The maximum atomic E-state index is 11.8. The van der Waals surface area contributed by atoms with Crippen molar-refractivity contribution < 1.29 is 9.21 Å². The SMILES string of the molecule is CCc1occc1C(=O)NCC1CCCN1. The zero-order valence-corrected chi connectivity index (χ0v) is 9.58. The molecule has 2 rings (SSSR count). The zero-order chi connectivity index (χ0) is 11.4. The van der Waals surface area contributed by atoms with Crippen LogP contribution in [0.1, 0.15) is 35.9 Å². The Morgan fingerprint density at radius 2 is 2.56 bits per heavy atom. The zero-order valence-electron chi connectivity index (χ0n) is 9.58. The van der Waals surface area contributed by atoms with Crippen molar-refractivity contribution in [2.45, 2.75) is 32.2 Å². The van der Waals surface area contributed by atoms with E-state index in [1.54, 1.807) is 12.3 Å². The number of carbonyl (C=O) groups excluding carboxylic acids is 1. The van der Waals surface area contributed by atoms with Crippen molar-refractivity contribution in [3.63, 3.8) is 0 Å². The molecule has 4 heteroatoms. The van der Waals surface area contributed by atoms with Gasteiger partial charge in [0.25, 0.3) is 5.91 Å². The predicted octanol–water partition coefficient (Wildman–Crippen LogP) is 1.32. The minimum Gasteiger partial charge on any atom is -0.469 e. The normalized spacial score (nSPS) is 19.9. The van der Waals surface area contributed by atoms with Crippen LogP contribution in [0.15, 0.2) is 16.7 Å². The summed E-state index contributed by atoms with van der Waals surface area (Å²) in [4.78, 5) is 11.8. The Hall–Kier alpha value is -1.29. The summed E-state index contributed by atoms with van der Waals surface area (Å²) in [5.41, 5.74) is 0.667. The van der Waals surface area contributed by atoms with E-state index in [-0.39, 0.29) is 5.91 Å². The lowest BCUT2D eigenvalue weighted by Gasteiger charge is -2.11. The lowest BCUT2D eigenvalue weighted by molar-refractivity contribution is 0.0948. The molecule has 0 saturated carbocycles. The molecule has 1 amide bonds. The van der Waals surface area contributed by atoms with Crippen LogP contribution in [0, 0.1) is 0 Å². The summed E-state index contributed by atoms with van der Waals surface area (Å²) < 4.78 is 5.23. The third-order valence-corrected chi connectivity index (χ3v) is 2.98. The van der Waals surface area contributed by atoms with Crippen LogP contribution in [-0.4, -0.2) is 25.0 Å². The second-order valence-corrected chi connectivity index (χ2v) is 4.11. The van der Waals surface area contributed by atoms with Gasteiger partial charge in [-0.3, -0.25) is 4.79 Å². The van der Waals surface area contributed by atoms with Crippen molar-refractivity contribution in [2.75, 3.05) is 13.1 Å². The van der Waals surface area contributed by atoms with Crippen LogP contribution in [0.5, 0.6) is 0 Å². The van der Waals surface area contributed by atoms with Gasteiger partial charge in [-0.05, 0) is 25.5 Å². The summed E-state index contributed by atoms with van der Waals surface area (Å²) >= 11 is 0. The molecule has 2 N–H and O–H groups in total. The molecular formula is C12H18N2O2. The number of hydrogen-bond acceptors (Lipinski definition) is 3. The summed E-state index contributed by atoms with van der Waals surface area (Å²) in [5, 5.41) is 6.29. The van der Waals surface area contributed by atoms with E-state index < -0.39 is 0 Å². The third-order valence-electron chi connectivity index (χ3n) is 2.98. The molecule has 0 spiro atoms. The average Bonchev–Trinajstić information content (AvgIpc) is 2.96. The van der Waals surface area contributed by atoms with Gasteiger partial charge in [-0.15, -0.1) is 0 Å². The Kier molecular flexibility index (Phi) is 3.62. The van der Waals surface area contributed by atoms with Crippen molar-refractivity contribution in [1.82, 2.24) is 10.6 Å². The number of furan rings is 1. The maximum Gasteiger partial charge on any atom is 0.254 e. The van der Waals surface area contributed by atoms with Gasteiger partial charge in [-0.2, -0.15) is 0 Å². The van der Waals surface area contributed by atoms with Gasteiger partial charge in [-0.25, -0.2) is 0 Å². The molecule has 1 saturated heterocycles. The molecule has 0 bridgehead atoms. The number of amides is 1. The van der Waals surface area contributed by atoms with Crippen LogP contribution in [0.4, 0.5) is 0 Å². The van der Waals surface area contributed by atoms with E-state index >= 15 is 0 Å². The highest BCUT2D eigenvalue weighted by atomic mass is 16.3. The average molecular weight is 222 g/mol. The smallest absolute Gasteiger partial charge is 0.254 e. The molecular weight excluding hydrogens is 204 g/mol. The molecule has 0 aromatic carbocycles. The predicted molar refractivity (Wildman–Crippen MR) is 61.4 cm³/mol. The molecule has 1 fully saturated rings.